The van der Waals surface area contributed by atoms with Crippen LogP contribution in [0.4, 0.5) is 0 Å². The number of ether oxygens (including phenoxy) is 1. The summed E-state index contributed by atoms with van der Waals surface area (Å²) in [5.41, 5.74) is 6.47. The Morgan fingerprint density at radius 2 is 1.83 bits per heavy atom. The highest BCUT2D eigenvalue weighted by Crippen LogP contribution is 2.37. The molecule has 0 radical (unpaired) electrons. The van der Waals surface area contributed by atoms with Crippen molar-refractivity contribution in [3.8, 4) is 11.8 Å². The summed E-state index contributed by atoms with van der Waals surface area (Å²) >= 11 is 0. The lowest BCUT2D eigenvalue weighted by Crippen LogP contribution is -2.54. The van der Waals surface area contributed by atoms with Crippen LogP contribution in [0.3, 0.4) is 0 Å². The molecule has 7 heteroatoms. The number of carbonyl (C=O) groups excluding carboxylic acids is 2. The van der Waals surface area contributed by atoms with E-state index in [4.69, 9.17) is 10.5 Å². The van der Waals surface area contributed by atoms with Gasteiger partial charge in [-0.3, -0.25) is 9.59 Å². The number of nitrogens with one attached hydrogen (secondary N) is 1. The van der Waals surface area contributed by atoms with Crippen LogP contribution in [0.1, 0.15) is 44.2 Å². The maximum absolute atomic E-state index is 13.9. The van der Waals surface area contributed by atoms with E-state index < -0.39 is 16.9 Å². The van der Waals surface area contributed by atoms with Gasteiger partial charge in [-0.25, -0.2) is 0 Å². The minimum atomic E-state index is -1.03. The van der Waals surface area contributed by atoms with Crippen molar-refractivity contribution in [3.63, 3.8) is 0 Å². The molecule has 1 fully saturated rings. The third-order valence-corrected chi connectivity index (χ3v) is 7.62. The first kappa shape index (κ1) is 25.7. The molecule has 0 bridgehead atoms. The number of carbonyl (C=O) groups is 2. The Morgan fingerprint density at radius 3 is 2.50 bits per heavy atom. The summed E-state index contributed by atoms with van der Waals surface area (Å²) < 4.78 is 5.96. The minimum Gasteiger partial charge on any atom is -0.493 e. The van der Waals surface area contributed by atoms with E-state index in [1.807, 2.05) is 59.5 Å². The topological polar surface area (TPSA) is 108 Å². The number of nitriles is 1. The molecule has 0 aliphatic carbocycles. The van der Waals surface area contributed by atoms with E-state index >= 15 is 0 Å². The van der Waals surface area contributed by atoms with Gasteiger partial charge < -0.3 is 20.7 Å². The van der Waals surface area contributed by atoms with Crippen LogP contribution < -0.4 is 15.8 Å². The molecule has 2 aromatic rings. The van der Waals surface area contributed by atoms with Crippen LogP contribution in [0.25, 0.3) is 0 Å². The highest BCUT2D eigenvalue weighted by molar-refractivity contribution is 5.86. The van der Waals surface area contributed by atoms with Crippen molar-refractivity contribution >= 4 is 11.8 Å². The standard InChI is InChI=1S/C29H36N4O3/c1-28(2,31)27(35)32-19-24(21-12-17-36-25-11-7-6-8-22(25)18-21)26(34)33-15-13-29(20-30,14-16-33)23-9-4-3-5-10-23/h3-11,21,24H,12-19,31H2,1-2H3,(H,32,35). The van der Waals surface area contributed by atoms with Gasteiger partial charge in [0.1, 0.15) is 5.75 Å². The quantitative estimate of drug-likeness (QED) is 0.649. The maximum Gasteiger partial charge on any atom is 0.239 e. The van der Waals surface area contributed by atoms with Gasteiger partial charge in [0.15, 0.2) is 0 Å². The fourth-order valence-corrected chi connectivity index (χ4v) is 5.31. The highest BCUT2D eigenvalue weighted by Gasteiger charge is 2.41. The first-order valence-electron chi connectivity index (χ1n) is 12.8. The molecule has 4 rings (SSSR count). The first-order valence-corrected chi connectivity index (χ1v) is 12.8. The van der Waals surface area contributed by atoms with Crippen molar-refractivity contribution in [3.05, 3.63) is 65.7 Å². The molecule has 2 aromatic carbocycles. The van der Waals surface area contributed by atoms with Crippen LogP contribution >= 0.6 is 0 Å². The van der Waals surface area contributed by atoms with Gasteiger partial charge in [-0.2, -0.15) is 5.26 Å². The van der Waals surface area contributed by atoms with Crippen molar-refractivity contribution in [1.29, 1.82) is 5.26 Å². The van der Waals surface area contributed by atoms with Crippen molar-refractivity contribution in [1.82, 2.24) is 10.2 Å². The van der Waals surface area contributed by atoms with Crippen molar-refractivity contribution in [2.24, 2.45) is 17.6 Å². The summed E-state index contributed by atoms with van der Waals surface area (Å²) in [5.74, 6) is 0.209. The summed E-state index contributed by atoms with van der Waals surface area (Å²) in [6.07, 6.45) is 2.59. The Morgan fingerprint density at radius 1 is 1.17 bits per heavy atom. The van der Waals surface area contributed by atoms with Gasteiger partial charge >= 0.3 is 0 Å². The van der Waals surface area contributed by atoms with Gasteiger partial charge in [0.25, 0.3) is 0 Å². The zero-order chi connectivity index (χ0) is 25.8. The van der Waals surface area contributed by atoms with E-state index in [9.17, 15) is 14.9 Å². The number of fused-ring (bicyclic) bond motifs is 1. The second-order valence-corrected chi connectivity index (χ2v) is 10.6. The molecular weight excluding hydrogens is 452 g/mol. The largest absolute Gasteiger partial charge is 0.493 e. The summed E-state index contributed by atoms with van der Waals surface area (Å²) in [6.45, 7) is 5.08. The number of hydrogen-bond acceptors (Lipinski definition) is 5. The molecule has 2 atom stereocenters. The van der Waals surface area contributed by atoms with E-state index in [1.54, 1.807) is 13.8 Å². The van der Waals surface area contributed by atoms with Crippen LogP contribution in [0.5, 0.6) is 5.75 Å². The molecule has 2 aliphatic rings. The lowest BCUT2D eigenvalue weighted by molar-refractivity contribution is -0.139. The minimum absolute atomic E-state index is 0.0131. The summed E-state index contributed by atoms with van der Waals surface area (Å²) in [4.78, 5) is 28.4. The number of rotatable bonds is 6. The van der Waals surface area contributed by atoms with Gasteiger partial charge in [0, 0.05) is 19.6 Å². The Kier molecular flexibility index (Phi) is 7.65. The molecule has 190 valence electrons. The Bertz CT molecular complexity index is 1110. The fourth-order valence-electron chi connectivity index (χ4n) is 5.31. The number of para-hydroxylation sites is 1. The van der Waals surface area contributed by atoms with E-state index in [0.717, 1.165) is 16.9 Å². The zero-order valence-electron chi connectivity index (χ0n) is 21.2. The van der Waals surface area contributed by atoms with E-state index in [-0.39, 0.29) is 24.3 Å². The van der Waals surface area contributed by atoms with Crippen molar-refractivity contribution in [2.75, 3.05) is 26.2 Å². The van der Waals surface area contributed by atoms with Gasteiger partial charge in [-0.15, -0.1) is 0 Å². The summed E-state index contributed by atoms with van der Waals surface area (Å²) in [7, 11) is 0. The number of nitrogens with two attached hydrogens (primary N) is 1. The second kappa shape index (κ2) is 10.7. The Labute approximate surface area is 213 Å². The molecule has 0 spiro atoms. The Hall–Kier alpha value is -3.37. The molecular formula is C29H36N4O3. The third kappa shape index (κ3) is 5.55. The third-order valence-electron chi connectivity index (χ3n) is 7.62. The zero-order valence-corrected chi connectivity index (χ0v) is 21.2. The SMILES string of the molecule is CC(C)(N)C(=O)NCC(C(=O)N1CCC(C#N)(c2ccccc2)CC1)C1CCOc2ccccc2C1. The van der Waals surface area contributed by atoms with E-state index in [1.165, 1.54) is 0 Å². The average molecular weight is 489 g/mol. The number of likely N-dealkylation sites (tertiary alicyclic amines) is 1. The van der Waals surface area contributed by atoms with Gasteiger partial charge in [-0.05, 0) is 62.6 Å². The molecule has 2 aliphatic heterocycles. The van der Waals surface area contributed by atoms with Crippen molar-refractivity contribution < 1.29 is 14.3 Å². The molecule has 2 heterocycles. The predicted molar refractivity (Wildman–Crippen MR) is 138 cm³/mol. The molecule has 7 nitrogen and oxygen atoms in total. The first-order chi connectivity index (χ1) is 17.2. The Balaban J connectivity index is 1.53. The second-order valence-electron chi connectivity index (χ2n) is 10.6. The van der Waals surface area contributed by atoms with Crippen LogP contribution in [-0.4, -0.2) is 48.5 Å². The van der Waals surface area contributed by atoms with E-state index in [0.29, 0.717) is 45.4 Å². The average Bonchev–Trinajstić information content (AvgIpc) is 3.11. The monoisotopic (exact) mass is 488 g/mol. The van der Waals surface area contributed by atoms with E-state index in [2.05, 4.69) is 11.4 Å². The molecule has 2 amide bonds. The number of nitrogens with zero attached hydrogens (tertiary/aromatic N) is 2. The summed E-state index contributed by atoms with van der Waals surface area (Å²) in [6, 6.07) is 20.3. The molecule has 1 saturated heterocycles. The van der Waals surface area contributed by atoms with Gasteiger partial charge in [0.2, 0.25) is 11.8 Å². The molecule has 36 heavy (non-hydrogen) atoms. The molecule has 0 saturated carbocycles. The normalized spacial score (nSPS) is 20.2. The maximum atomic E-state index is 13.9. The fraction of sp³-hybridized carbons (Fsp3) is 0.483. The lowest BCUT2D eigenvalue weighted by Gasteiger charge is -2.40. The lowest BCUT2D eigenvalue weighted by atomic mass is 9.73. The highest BCUT2D eigenvalue weighted by atomic mass is 16.5. The number of benzene rings is 2. The summed E-state index contributed by atoms with van der Waals surface area (Å²) in [5, 5.41) is 13.0. The van der Waals surface area contributed by atoms with Crippen LogP contribution in [-0.2, 0) is 21.4 Å². The molecule has 3 N–H and O–H groups in total. The van der Waals surface area contributed by atoms with Gasteiger partial charge in [-0.1, -0.05) is 48.5 Å². The van der Waals surface area contributed by atoms with Crippen LogP contribution in [0.2, 0.25) is 0 Å². The van der Waals surface area contributed by atoms with Crippen molar-refractivity contribution in [2.45, 2.75) is 50.5 Å². The number of piperidine rings is 1. The van der Waals surface area contributed by atoms with Crippen LogP contribution in [0.15, 0.2) is 54.6 Å². The van der Waals surface area contributed by atoms with Crippen LogP contribution in [0, 0.1) is 23.2 Å². The molecule has 0 aromatic heterocycles. The number of hydrogen-bond donors (Lipinski definition) is 2. The number of amides is 2. The predicted octanol–water partition coefficient (Wildman–Crippen LogP) is 3.18. The van der Waals surface area contributed by atoms with Gasteiger partial charge in [0.05, 0.1) is 29.5 Å². The molecule has 2 unspecified atom stereocenters. The smallest absolute Gasteiger partial charge is 0.239 e.